The van der Waals surface area contributed by atoms with E-state index in [0.717, 1.165) is 24.3 Å². The van der Waals surface area contributed by atoms with Crippen molar-refractivity contribution >= 4 is 34.8 Å². The van der Waals surface area contributed by atoms with Gasteiger partial charge in [-0.1, -0.05) is 47.8 Å². The molecule has 1 aromatic heterocycles. The molecule has 2 rings (SSSR count). The van der Waals surface area contributed by atoms with Gasteiger partial charge in [0.1, 0.15) is 0 Å². The maximum absolute atomic E-state index is 6.29. The van der Waals surface area contributed by atoms with Crippen molar-refractivity contribution in [2.24, 2.45) is 0 Å². The molecule has 1 aromatic carbocycles. The molecule has 0 spiro atoms. The minimum absolute atomic E-state index is 0.0651. The van der Waals surface area contributed by atoms with Crippen LogP contribution in [0.3, 0.4) is 0 Å². The third kappa shape index (κ3) is 3.12. The van der Waals surface area contributed by atoms with E-state index >= 15 is 0 Å². The molecule has 0 aliphatic carbocycles. The molecule has 3 nitrogen and oxygen atoms in total. The van der Waals surface area contributed by atoms with Gasteiger partial charge in [0.05, 0.1) is 33.0 Å². The Morgan fingerprint density at radius 2 is 1.90 bits per heavy atom. The van der Waals surface area contributed by atoms with Gasteiger partial charge in [0, 0.05) is 6.54 Å². The maximum Gasteiger partial charge on any atom is 0.0837 e. The van der Waals surface area contributed by atoms with Crippen LogP contribution in [0.2, 0.25) is 15.1 Å². The second-order valence-corrected chi connectivity index (χ2v) is 5.58. The van der Waals surface area contributed by atoms with Gasteiger partial charge in [-0.05, 0) is 31.2 Å². The molecule has 0 saturated carbocycles. The Hall–Kier alpha value is -0.740. The van der Waals surface area contributed by atoms with Crippen LogP contribution in [0.25, 0.3) is 0 Å². The lowest BCUT2D eigenvalue weighted by Crippen LogP contribution is -2.25. The summed E-state index contributed by atoms with van der Waals surface area (Å²) in [6.45, 7) is 5.64. The molecular formula is C14H16Cl3N3. The van der Waals surface area contributed by atoms with Crippen LogP contribution >= 0.6 is 34.8 Å². The number of hydrogen-bond donors (Lipinski definition) is 1. The largest absolute Gasteiger partial charge is 0.305 e. The van der Waals surface area contributed by atoms with Gasteiger partial charge in [-0.25, -0.2) is 0 Å². The summed E-state index contributed by atoms with van der Waals surface area (Å²) >= 11 is 18.4. The topological polar surface area (TPSA) is 29.9 Å². The van der Waals surface area contributed by atoms with E-state index in [1.54, 1.807) is 12.3 Å². The van der Waals surface area contributed by atoms with Crippen LogP contribution in [-0.4, -0.2) is 16.3 Å². The zero-order chi connectivity index (χ0) is 14.7. The monoisotopic (exact) mass is 331 g/mol. The highest BCUT2D eigenvalue weighted by molar-refractivity contribution is 6.42. The first kappa shape index (κ1) is 15.6. The second kappa shape index (κ2) is 6.81. The van der Waals surface area contributed by atoms with Crippen LogP contribution in [0, 0.1) is 0 Å². The summed E-state index contributed by atoms with van der Waals surface area (Å²) < 4.78 is 1.89. The van der Waals surface area contributed by atoms with Crippen LogP contribution in [0.5, 0.6) is 0 Å². The van der Waals surface area contributed by atoms with Crippen LogP contribution in [0.1, 0.15) is 31.1 Å². The molecule has 0 saturated heterocycles. The molecule has 1 unspecified atom stereocenters. The normalized spacial score (nSPS) is 12.7. The zero-order valence-corrected chi connectivity index (χ0v) is 13.6. The summed E-state index contributed by atoms with van der Waals surface area (Å²) in [6, 6.07) is 5.54. The summed E-state index contributed by atoms with van der Waals surface area (Å²) in [5.41, 5.74) is 1.95. The molecular weight excluding hydrogens is 317 g/mol. The van der Waals surface area contributed by atoms with Gasteiger partial charge in [0.15, 0.2) is 0 Å². The van der Waals surface area contributed by atoms with Crippen molar-refractivity contribution in [3.63, 3.8) is 0 Å². The summed E-state index contributed by atoms with van der Waals surface area (Å²) in [4.78, 5) is 0. The van der Waals surface area contributed by atoms with E-state index in [4.69, 9.17) is 34.8 Å². The first-order valence-corrected chi connectivity index (χ1v) is 7.61. The fourth-order valence-corrected chi connectivity index (χ4v) is 2.74. The van der Waals surface area contributed by atoms with Gasteiger partial charge in [-0.2, -0.15) is 5.10 Å². The highest BCUT2D eigenvalue weighted by atomic mass is 35.5. The van der Waals surface area contributed by atoms with E-state index in [9.17, 15) is 0 Å². The minimum Gasteiger partial charge on any atom is -0.305 e. The van der Waals surface area contributed by atoms with Crippen LogP contribution in [-0.2, 0) is 6.54 Å². The fraction of sp³-hybridized carbons (Fsp3) is 0.357. The number of nitrogens with zero attached hydrogens (tertiary/aromatic N) is 2. The first-order valence-electron chi connectivity index (χ1n) is 6.48. The number of rotatable bonds is 5. The lowest BCUT2D eigenvalue weighted by Gasteiger charge is -2.20. The molecule has 6 heteroatoms. The van der Waals surface area contributed by atoms with Crippen molar-refractivity contribution in [2.45, 2.75) is 26.4 Å². The smallest absolute Gasteiger partial charge is 0.0837 e. The van der Waals surface area contributed by atoms with Crippen molar-refractivity contribution in [1.82, 2.24) is 15.1 Å². The predicted molar refractivity (Wildman–Crippen MR) is 84.9 cm³/mol. The zero-order valence-electron chi connectivity index (χ0n) is 11.3. The van der Waals surface area contributed by atoms with Crippen molar-refractivity contribution < 1.29 is 0 Å². The predicted octanol–water partition coefficient (Wildman–Crippen LogP) is 4.56. The minimum atomic E-state index is -0.0651. The maximum atomic E-state index is 6.29. The molecule has 0 fully saturated rings. The summed E-state index contributed by atoms with van der Waals surface area (Å²) in [7, 11) is 0. The number of aromatic nitrogens is 2. The van der Waals surface area contributed by atoms with E-state index < -0.39 is 0 Å². The van der Waals surface area contributed by atoms with Gasteiger partial charge in [0.2, 0.25) is 0 Å². The molecule has 108 valence electrons. The summed E-state index contributed by atoms with van der Waals surface area (Å²) in [6.07, 6.45) is 1.67. The fourth-order valence-electron chi connectivity index (χ4n) is 2.18. The van der Waals surface area contributed by atoms with Crippen molar-refractivity contribution in [3.05, 3.63) is 50.7 Å². The van der Waals surface area contributed by atoms with Crippen LogP contribution < -0.4 is 5.32 Å². The number of hydrogen-bond acceptors (Lipinski definition) is 2. The SMILES string of the molecule is CCNC(c1ccc(Cl)c(Cl)c1)c1c(Cl)cnn1CC. The molecule has 1 atom stereocenters. The van der Waals surface area contributed by atoms with Gasteiger partial charge in [-0.15, -0.1) is 0 Å². The van der Waals surface area contributed by atoms with E-state index in [0.29, 0.717) is 15.1 Å². The summed E-state index contributed by atoms with van der Waals surface area (Å²) in [5.74, 6) is 0. The van der Waals surface area contributed by atoms with Crippen LogP contribution in [0.4, 0.5) is 0 Å². The van der Waals surface area contributed by atoms with Gasteiger partial charge in [0.25, 0.3) is 0 Å². The molecule has 2 aromatic rings. The molecule has 1 heterocycles. The molecule has 0 radical (unpaired) electrons. The number of aryl methyl sites for hydroxylation is 1. The van der Waals surface area contributed by atoms with Crippen LogP contribution in [0.15, 0.2) is 24.4 Å². The molecule has 0 amide bonds. The Morgan fingerprint density at radius 3 is 2.50 bits per heavy atom. The first-order chi connectivity index (χ1) is 9.58. The van der Waals surface area contributed by atoms with E-state index in [1.165, 1.54) is 0 Å². The third-order valence-corrected chi connectivity index (χ3v) is 4.12. The van der Waals surface area contributed by atoms with Gasteiger partial charge >= 0.3 is 0 Å². The quantitative estimate of drug-likeness (QED) is 0.869. The highest BCUT2D eigenvalue weighted by Crippen LogP contribution is 2.32. The van der Waals surface area contributed by atoms with Gasteiger partial charge < -0.3 is 5.32 Å². The van der Waals surface area contributed by atoms with Gasteiger partial charge in [-0.3, -0.25) is 4.68 Å². The molecule has 0 aliphatic heterocycles. The Labute approximate surface area is 133 Å². The lowest BCUT2D eigenvalue weighted by molar-refractivity contribution is 0.542. The summed E-state index contributed by atoms with van der Waals surface area (Å²) in [5, 5.41) is 9.42. The highest BCUT2D eigenvalue weighted by Gasteiger charge is 2.21. The number of halogens is 3. The standard InChI is InChI=1S/C14H16Cl3N3/c1-3-18-13(9-5-6-10(15)11(16)7-9)14-12(17)8-19-20(14)4-2/h5-8,13,18H,3-4H2,1-2H3. The molecule has 1 N–H and O–H groups in total. The van der Waals surface area contributed by atoms with E-state index in [2.05, 4.69) is 10.4 Å². The Morgan fingerprint density at radius 1 is 1.15 bits per heavy atom. The average Bonchev–Trinajstić information content (AvgIpc) is 2.80. The lowest BCUT2D eigenvalue weighted by atomic mass is 10.0. The molecule has 20 heavy (non-hydrogen) atoms. The third-order valence-electron chi connectivity index (χ3n) is 3.09. The molecule has 0 aliphatic rings. The number of nitrogens with one attached hydrogen (secondary N) is 1. The van der Waals surface area contributed by atoms with Crippen molar-refractivity contribution in [2.75, 3.05) is 6.54 Å². The van der Waals surface area contributed by atoms with E-state index in [1.807, 2.05) is 30.7 Å². The number of benzene rings is 1. The average molecular weight is 333 g/mol. The Bertz CT molecular complexity index is 595. The Balaban J connectivity index is 2.49. The van der Waals surface area contributed by atoms with E-state index in [-0.39, 0.29) is 6.04 Å². The van der Waals surface area contributed by atoms with Crippen molar-refractivity contribution in [1.29, 1.82) is 0 Å². The second-order valence-electron chi connectivity index (χ2n) is 4.36. The Kier molecular flexibility index (Phi) is 5.33. The van der Waals surface area contributed by atoms with Crippen molar-refractivity contribution in [3.8, 4) is 0 Å². The molecule has 0 bridgehead atoms.